The Morgan fingerprint density at radius 2 is 2.12 bits per heavy atom. The van der Waals surface area contributed by atoms with E-state index in [1.54, 1.807) is 11.8 Å². The van der Waals surface area contributed by atoms with Crippen molar-refractivity contribution in [2.45, 2.75) is 39.8 Å². The minimum Gasteiger partial charge on any atom is -0.480 e. The van der Waals surface area contributed by atoms with Crippen molar-refractivity contribution in [2.75, 3.05) is 6.54 Å². The molecular formula is C10H17N3O3. The fourth-order valence-corrected chi connectivity index (χ4v) is 1.26. The lowest BCUT2D eigenvalue weighted by atomic mass is 10.1. The molecule has 0 saturated heterocycles. The Balaban J connectivity index is 2.74. The third kappa shape index (κ3) is 3.62. The van der Waals surface area contributed by atoms with E-state index in [1.165, 1.54) is 0 Å². The molecule has 6 nitrogen and oxygen atoms in total. The topological polar surface area (TPSA) is 79.5 Å². The standard InChI is InChI=1S/C10H17N3O3/c1-7-11-8(16-12-7)5-13(6-9(14)15)10(2,3)4/h5-6H2,1-4H3,(H,14,15). The van der Waals surface area contributed by atoms with Crippen LogP contribution in [0.3, 0.4) is 0 Å². The van der Waals surface area contributed by atoms with E-state index in [9.17, 15) is 4.79 Å². The molecule has 0 aromatic carbocycles. The second-order valence-corrected chi connectivity index (χ2v) is 4.66. The number of carbonyl (C=O) groups is 1. The molecule has 0 atom stereocenters. The average molecular weight is 227 g/mol. The van der Waals surface area contributed by atoms with Crippen LogP contribution in [0, 0.1) is 6.92 Å². The summed E-state index contributed by atoms with van der Waals surface area (Å²) >= 11 is 0. The molecule has 1 aromatic rings. The summed E-state index contributed by atoms with van der Waals surface area (Å²) in [7, 11) is 0. The lowest BCUT2D eigenvalue weighted by Gasteiger charge is -2.32. The van der Waals surface area contributed by atoms with Gasteiger partial charge in [-0.15, -0.1) is 0 Å². The summed E-state index contributed by atoms with van der Waals surface area (Å²) in [6.45, 7) is 7.85. The second-order valence-electron chi connectivity index (χ2n) is 4.66. The van der Waals surface area contributed by atoms with Crippen LogP contribution in [-0.4, -0.2) is 38.2 Å². The largest absolute Gasteiger partial charge is 0.480 e. The number of hydrogen-bond acceptors (Lipinski definition) is 5. The van der Waals surface area contributed by atoms with Crippen molar-refractivity contribution in [2.24, 2.45) is 0 Å². The minimum absolute atomic E-state index is 0.0507. The van der Waals surface area contributed by atoms with Gasteiger partial charge in [0.1, 0.15) is 0 Å². The number of aliphatic carboxylic acids is 1. The Labute approximate surface area is 94.3 Å². The van der Waals surface area contributed by atoms with Gasteiger partial charge in [0, 0.05) is 5.54 Å². The number of aryl methyl sites for hydroxylation is 1. The fourth-order valence-electron chi connectivity index (χ4n) is 1.26. The van der Waals surface area contributed by atoms with E-state index in [-0.39, 0.29) is 12.1 Å². The van der Waals surface area contributed by atoms with Crippen LogP contribution in [-0.2, 0) is 11.3 Å². The van der Waals surface area contributed by atoms with Crippen molar-refractivity contribution in [1.82, 2.24) is 15.0 Å². The summed E-state index contributed by atoms with van der Waals surface area (Å²) in [6.07, 6.45) is 0. The highest BCUT2D eigenvalue weighted by Gasteiger charge is 2.25. The molecule has 0 radical (unpaired) electrons. The van der Waals surface area contributed by atoms with Gasteiger partial charge in [-0.3, -0.25) is 9.69 Å². The summed E-state index contributed by atoms with van der Waals surface area (Å²) < 4.78 is 4.98. The zero-order chi connectivity index (χ0) is 12.3. The van der Waals surface area contributed by atoms with Crippen molar-refractivity contribution < 1.29 is 14.4 Å². The smallest absolute Gasteiger partial charge is 0.317 e. The van der Waals surface area contributed by atoms with Crippen LogP contribution < -0.4 is 0 Å². The Hall–Kier alpha value is -1.43. The molecule has 90 valence electrons. The average Bonchev–Trinajstić information content (AvgIpc) is 2.47. The van der Waals surface area contributed by atoms with Crippen LogP contribution in [0.15, 0.2) is 4.52 Å². The number of nitrogens with zero attached hydrogens (tertiary/aromatic N) is 3. The molecule has 6 heteroatoms. The monoisotopic (exact) mass is 227 g/mol. The zero-order valence-electron chi connectivity index (χ0n) is 10.0. The Kier molecular flexibility index (Phi) is 3.64. The molecule has 1 aromatic heterocycles. The molecule has 1 heterocycles. The summed E-state index contributed by atoms with van der Waals surface area (Å²) in [4.78, 5) is 16.6. The van der Waals surface area contributed by atoms with Crippen molar-refractivity contribution in [3.05, 3.63) is 11.7 Å². The van der Waals surface area contributed by atoms with E-state index in [2.05, 4.69) is 10.1 Å². The van der Waals surface area contributed by atoms with Gasteiger partial charge in [-0.05, 0) is 27.7 Å². The van der Waals surface area contributed by atoms with Crippen LogP contribution >= 0.6 is 0 Å². The van der Waals surface area contributed by atoms with E-state index in [0.717, 1.165) is 0 Å². The van der Waals surface area contributed by atoms with Gasteiger partial charge in [0.2, 0.25) is 5.89 Å². The summed E-state index contributed by atoms with van der Waals surface area (Å²) in [5, 5.41) is 12.5. The Morgan fingerprint density at radius 1 is 1.50 bits per heavy atom. The molecule has 16 heavy (non-hydrogen) atoms. The molecule has 0 saturated carbocycles. The summed E-state index contributed by atoms with van der Waals surface area (Å²) in [5.41, 5.74) is -0.263. The van der Waals surface area contributed by atoms with Gasteiger partial charge in [-0.2, -0.15) is 4.98 Å². The van der Waals surface area contributed by atoms with Crippen molar-refractivity contribution in [1.29, 1.82) is 0 Å². The highest BCUT2D eigenvalue weighted by Crippen LogP contribution is 2.16. The van der Waals surface area contributed by atoms with Crippen molar-refractivity contribution in [3.63, 3.8) is 0 Å². The Bertz CT molecular complexity index is 368. The number of hydrogen-bond donors (Lipinski definition) is 1. The maximum atomic E-state index is 10.7. The molecule has 0 aliphatic carbocycles. The molecule has 1 rings (SSSR count). The van der Waals surface area contributed by atoms with Gasteiger partial charge in [0.05, 0.1) is 13.1 Å². The molecule has 0 spiro atoms. The van der Waals surface area contributed by atoms with E-state index < -0.39 is 5.97 Å². The highest BCUT2D eigenvalue weighted by atomic mass is 16.5. The first-order chi connectivity index (χ1) is 7.29. The molecule has 0 aliphatic heterocycles. The van der Waals surface area contributed by atoms with Crippen LogP contribution in [0.25, 0.3) is 0 Å². The zero-order valence-corrected chi connectivity index (χ0v) is 10.0. The number of aromatic nitrogens is 2. The van der Waals surface area contributed by atoms with E-state index >= 15 is 0 Å². The van der Waals surface area contributed by atoms with Gasteiger partial charge in [0.15, 0.2) is 5.82 Å². The number of carboxylic acid groups (broad SMARTS) is 1. The van der Waals surface area contributed by atoms with Gasteiger partial charge in [0.25, 0.3) is 0 Å². The third-order valence-corrected chi connectivity index (χ3v) is 2.17. The maximum Gasteiger partial charge on any atom is 0.317 e. The summed E-state index contributed by atoms with van der Waals surface area (Å²) in [6, 6.07) is 0. The van der Waals surface area contributed by atoms with Crippen molar-refractivity contribution >= 4 is 5.97 Å². The highest BCUT2D eigenvalue weighted by molar-refractivity contribution is 5.69. The number of rotatable bonds is 4. The fraction of sp³-hybridized carbons (Fsp3) is 0.700. The second kappa shape index (κ2) is 4.61. The summed E-state index contributed by atoms with van der Waals surface area (Å²) in [5.74, 6) is 0.124. The first-order valence-corrected chi connectivity index (χ1v) is 5.05. The minimum atomic E-state index is -0.869. The third-order valence-electron chi connectivity index (χ3n) is 2.17. The predicted octanol–water partition coefficient (Wildman–Crippen LogP) is 1.06. The van der Waals surface area contributed by atoms with E-state index in [4.69, 9.17) is 9.63 Å². The maximum absolute atomic E-state index is 10.7. The molecular weight excluding hydrogens is 210 g/mol. The van der Waals surface area contributed by atoms with Crippen LogP contribution in [0.4, 0.5) is 0 Å². The molecule has 1 N–H and O–H groups in total. The lowest BCUT2D eigenvalue weighted by Crippen LogP contribution is -2.43. The van der Waals surface area contributed by atoms with Crippen LogP contribution in [0.5, 0.6) is 0 Å². The van der Waals surface area contributed by atoms with E-state index in [1.807, 2.05) is 20.8 Å². The lowest BCUT2D eigenvalue weighted by molar-refractivity contribution is -0.140. The first kappa shape index (κ1) is 12.6. The molecule has 0 amide bonds. The van der Waals surface area contributed by atoms with Gasteiger partial charge in [-0.25, -0.2) is 0 Å². The number of carboxylic acids is 1. The Morgan fingerprint density at radius 3 is 2.50 bits per heavy atom. The van der Waals surface area contributed by atoms with Crippen LogP contribution in [0.2, 0.25) is 0 Å². The van der Waals surface area contributed by atoms with Gasteiger partial charge in [-0.1, -0.05) is 5.16 Å². The van der Waals surface area contributed by atoms with Crippen molar-refractivity contribution in [3.8, 4) is 0 Å². The van der Waals surface area contributed by atoms with Crippen LogP contribution in [0.1, 0.15) is 32.5 Å². The first-order valence-electron chi connectivity index (χ1n) is 5.05. The predicted molar refractivity (Wildman–Crippen MR) is 56.8 cm³/mol. The molecule has 0 fully saturated rings. The molecule has 0 aliphatic rings. The molecule has 0 unspecified atom stereocenters. The molecule has 0 bridgehead atoms. The van der Waals surface area contributed by atoms with E-state index in [0.29, 0.717) is 18.3 Å². The quantitative estimate of drug-likeness (QED) is 0.828. The normalized spacial score (nSPS) is 12.1. The SMILES string of the molecule is Cc1noc(CN(CC(=O)O)C(C)(C)C)n1. The van der Waals surface area contributed by atoms with Gasteiger partial charge >= 0.3 is 5.97 Å². The van der Waals surface area contributed by atoms with Gasteiger partial charge < -0.3 is 9.63 Å².